The van der Waals surface area contributed by atoms with Crippen LogP contribution in [0.1, 0.15) is 16.8 Å². The average Bonchev–Trinajstić information content (AvgIpc) is 2.41. The molecule has 0 radical (unpaired) electrons. The minimum Gasteiger partial charge on any atom is -0.323 e. The number of aryl methyl sites for hydroxylation is 3. The van der Waals surface area contributed by atoms with E-state index in [1.165, 1.54) is 4.79 Å². The van der Waals surface area contributed by atoms with Crippen LogP contribution in [0.15, 0.2) is 6.07 Å². The summed E-state index contributed by atoms with van der Waals surface area (Å²) in [5.74, 6) is 5.68. The van der Waals surface area contributed by atoms with Gasteiger partial charge in [0.2, 0.25) is 0 Å². The number of nitro benzene ring substituents is 1. The van der Waals surface area contributed by atoms with E-state index < -0.39 is 0 Å². The molecular formula is C10H12N4O2. The maximum absolute atomic E-state index is 11.0. The van der Waals surface area contributed by atoms with E-state index >= 15 is 0 Å². The van der Waals surface area contributed by atoms with Gasteiger partial charge in [-0.2, -0.15) is 9.89 Å². The average molecular weight is 220 g/mol. The molecule has 2 rings (SSSR count). The Bertz CT molecular complexity index is 601. The van der Waals surface area contributed by atoms with Gasteiger partial charge >= 0.3 is 0 Å². The Kier molecular flexibility index (Phi) is 2.08. The fraction of sp³-hybridized carbons (Fsp3) is 0.300. The van der Waals surface area contributed by atoms with E-state index in [-0.39, 0.29) is 10.6 Å². The number of benzene rings is 1. The maximum atomic E-state index is 11.0. The zero-order valence-electron chi connectivity index (χ0n) is 9.31. The first-order chi connectivity index (χ1) is 7.43. The number of hydrogen-bond acceptors (Lipinski definition) is 4. The van der Waals surface area contributed by atoms with Crippen LogP contribution in [-0.2, 0) is 0 Å². The van der Waals surface area contributed by atoms with Gasteiger partial charge in [-0.05, 0) is 26.8 Å². The molecule has 0 saturated carbocycles. The van der Waals surface area contributed by atoms with E-state index in [4.69, 9.17) is 5.84 Å². The molecule has 0 spiro atoms. The number of rotatable bonds is 1. The fourth-order valence-electron chi connectivity index (χ4n) is 2.14. The lowest BCUT2D eigenvalue weighted by Crippen LogP contribution is -2.09. The topological polar surface area (TPSA) is 87.0 Å². The van der Waals surface area contributed by atoms with Crippen molar-refractivity contribution in [1.82, 2.24) is 9.89 Å². The number of aromatic nitrogens is 2. The minimum atomic E-state index is -0.364. The van der Waals surface area contributed by atoms with Crippen molar-refractivity contribution in [3.05, 3.63) is 33.0 Å². The van der Waals surface area contributed by atoms with Gasteiger partial charge in [-0.1, -0.05) is 0 Å². The molecule has 2 N–H and O–H groups in total. The Hall–Kier alpha value is -2.11. The second-order valence-electron chi connectivity index (χ2n) is 3.85. The molecule has 0 aliphatic heterocycles. The highest BCUT2D eigenvalue weighted by Crippen LogP contribution is 2.31. The van der Waals surface area contributed by atoms with E-state index in [2.05, 4.69) is 5.10 Å². The summed E-state index contributed by atoms with van der Waals surface area (Å²) in [6, 6.07) is 1.69. The fourth-order valence-corrected chi connectivity index (χ4v) is 2.14. The summed E-state index contributed by atoms with van der Waals surface area (Å²) in [7, 11) is 0. The molecule has 1 heterocycles. The lowest BCUT2D eigenvalue weighted by atomic mass is 10.0. The van der Waals surface area contributed by atoms with Crippen molar-refractivity contribution in [3.63, 3.8) is 0 Å². The van der Waals surface area contributed by atoms with Crippen molar-refractivity contribution in [2.45, 2.75) is 20.8 Å². The number of nitrogen functional groups attached to an aromatic ring is 1. The summed E-state index contributed by atoms with van der Waals surface area (Å²) in [6.07, 6.45) is 0. The van der Waals surface area contributed by atoms with E-state index in [0.717, 1.165) is 10.9 Å². The summed E-state index contributed by atoms with van der Waals surface area (Å²) in [4.78, 5) is 11.8. The lowest BCUT2D eigenvalue weighted by Gasteiger charge is -2.03. The van der Waals surface area contributed by atoms with Crippen LogP contribution < -0.4 is 5.84 Å². The normalized spacial score (nSPS) is 10.9. The van der Waals surface area contributed by atoms with Crippen LogP contribution in [0, 0.1) is 30.9 Å². The molecule has 0 unspecified atom stereocenters. The molecule has 0 bridgehead atoms. The zero-order chi connectivity index (χ0) is 12.0. The molecule has 1 aromatic heterocycles. The summed E-state index contributed by atoms with van der Waals surface area (Å²) >= 11 is 0. The number of nitrogens with two attached hydrogens (primary N) is 1. The van der Waals surface area contributed by atoms with Crippen LogP contribution >= 0.6 is 0 Å². The second kappa shape index (κ2) is 3.19. The molecule has 2 aromatic rings. The molecule has 0 amide bonds. The molecular weight excluding hydrogens is 208 g/mol. The van der Waals surface area contributed by atoms with E-state index in [1.54, 1.807) is 26.8 Å². The Morgan fingerprint density at radius 1 is 1.44 bits per heavy atom. The first kappa shape index (κ1) is 10.4. The summed E-state index contributed by atoms with van der Waals surface area (Å²) in [5, 5.41) is 15.8. The predicted octanol–water partition coefficient (Wildman–Crippen LogP) is 1.58. The SMILES string of the molecule is Cc1cc2c(c(C)nn2N)c(C)c1[N+](=O)[O-]. The Balaban J connectivity index is 2.98. The van der Waals surface area contributed by atoms with Crippen LogP contribution in [0.2, 0.25) is 0 Å². The number of nitrogens with zero attached hydrogens (tertiary/aromatic N) is 3. The monoisotopic (exact) mass is 220 g/mol. The van der Waals surface area contributed by atoms with Crippen LogP contribution in [-0.4, -0.2) is 14.8 Å². The van der Waals surface area contributed by atoms with Gasteiger partial charge < -0.3 is 5.84 Å². The minimum absolute atomic E-state index is 0.142. The molecule has 6 heteroatoms. The highest BCUT2D eigenvalue weighted by molar-refractivity contribution is 5.89. The van der Waals surface area contributed by atoms with Crippen LogP contribution in [0.3, 0.4) is 0 Å². The number of hydrogen-bond donors (Lipinski definition) is 1. The van der Waals surface area contributed by atoms with Crippen molar-refractivity contribution >= 4 is 16.6 Å². The van der Waals surface area contributed by atoms with Crippen molar-refractivity contribution in [3.8, 4) is 0 Å². The third-order valence-electron chi connectivity index (χ3n) is 2.76. The number of fused-ring (bicyclic) bond motifs is 1. The smallest absolute Gasteiger partial charge is 0.275 e. The molecule has 0 fully saturated rings. The van der Waals surface area contributed by atoms with Gasteiger partial charge in [-0.3, -0.25) is 10.1 Å². The van der Waals surface area contributed by atoms with Gasteiger partial charge in [-0.25, -0.2) is 0 Å². The van der Waals surface area contributed by atoms with Gasteiger partial charge in [0.25, 0.3) is 5.69 Å². The molecule has 0 saturated heterocycles. The highest BCUT2D eigenvalue weighted by Gasteiger charge is 2.21. The third-order valence-corrected chi connectivity index (χ3v) is 2.76. The second-order valence-corrected chi connectivity index (χ2v) is 3.85. The quantitative estimate of drug-likeness (QED) is 0.449. The van der Waals surface area contributed by atoms with E-state index in [9.17, 15) is 10.1 Å². The third kappa shape index (κ3) is 1.23. The van der Waals surface area contributed by atoms with Gasteiger partial charge in [-0.15, -0.1) is 0 Å². The predicted molar refractivity (Wildman–Crippen MR) is 60.7 cm³/mol. The molecule has 84 valence electrons. The van der Waals surface area contributed by atoms with E-state index in [1.807, 2.05) is 0 Å². The maximum Gasteiger partial charge on any atom is 0.275 e. The van der Waals surface area contributed by atoms with Gasteiger partial charge in [0.05, 0.1) is 16.1 Å². The molecule has 0 aliphatic carbocycles. The molecule has 1 aromatic carbocycles. The van der Waals surface area contributed by atoms with Gasteiger partial charge in [0, 0.05) is 16.5 Å². The first-order valence-electron chi connectivity index (χ1n) is 4.82. The molecule has 6 nitrogen and oxygen atoms in total. The van der Waals surface area contributed by atoms with Crippen LogP contribution in [0.5, 0.6) is 0 Å². The zero-order valence-corrected chi connectivity index (χ0v) is 9.31. The lowest BCUT2D eigenvalue weighted by molar-refractivity contribution is -0.385. The van der Waals surface area contributed by atoms with Crippen molar-refractivity contribution < 1.29 is 4.92 Å². The highest BCUT2D eigenvalue weighted by atomic mass is 16.6. The van der Waals surface area contributed by atoms with Crippen molar-refractivity contribution in [2.75, 3.05) is 5.84 Å². The van der Waals surface area contributed by atoms with E-state index in [0.29, 0.717) is 16.8 Å². The van der Waals surface area contributed by atoms with Gasteiger partial charge in [0.15, 0.2) is 0 Å². The molecule has 16 heavy (non-hydrogen) atoms. The van der Waals surface area contributed by atoms with Crippen molar-refractivity contribution in [2.24, 2.45) is 0 Å². The largest absolute Gasteiger partial charge is 0.323 e. The Labute approximate surface area is 91.8 Å². The van der Waals surface area contributed by atoms with Crippen LogP contribution in [0.4, 0.5) is 5.69 Å². The number of nitro groups is 1. The summed E-state index contributed by atoms with van der Waals surface area (Å²) in [5.41, 5.74) is 2.79. The van der Waals surface area contributed by atoms with Gasteiger partial charge in [0.1, 0.15) is 0 Å². The Morgan fingerprint density at radius 3 is 2.62 bits per heavy atom. The summed E-state index contributed by atoms with van der Waals surface area (Å²) in [6.45, 7) is 5.22. The first-order valence-corrected chi connectivity index (χ1v) is 4.82. The molecule has 0 aliphatic rings. The standard InChI is InChI=1S/C10H12N4O2/c1-5-4-8-9(7(3)12-13(8)11)6(2)10(5)14(15)16/h4H,11H2,1-3H3. The molecule has 0 atom stereocenters. The Morgan fingerprint density at radius 2 is 2.06 bits per heavy atom. The summed E-state index contributed by atoms with van der Waals surface area (Å²) < 4.78 is 0. The van der Waals surface area contributed by atoms with Crippen molar-refractivity contribution in [1.29, 1.82) is 0 Å². The van der Waals surface area contributed by atoms with Crippen LogP contribution in [0.25, 0.3) is 10.9 Å².